The second-order valence-electron chi connectivity index (χ2n) is 4.69. The van der Waals surface area contributed by atoms with E-state index in [1.165, 1.54) is 15.7 Å². The number of halogens is 1. The third-order valence-corrected chi connectivity index (χ3v) is 3.96. The van der Waals surface area contributed by atoms with Crippen molar-refractivity contribution in [3.05, 3.63) is 28.2 Å². The van der Waals surface area contributed by atoms with Gasteiger partial charge in [-0.25, -0.2) is 0 Å². The Morgan fingerprint density at radius 3 is 3.00 bits per heavy atom. The fourth-order valence-corrected chi connectivity index (χ4v) is 2.47. The van der Waals surface area contributed by atoms with Gasteiger partial charge in [0.1, 0.15) is 0 Å². The van der Waals surface area contributed by atoms with Gasteiger partial charge in [0.15, 0.2) is 0 Å². The summed E-state index contributed by atoms with van der Waals surface area (Å²) in [4.78, 5) is 2.47. The molecule has 0 aliphatic carbocycles. The van der Waals surface area contributed by atoms with Crippen molar-refractivity contribution in [1.29, 1.82) is 0 Å². The highest BCUT2D eigenvalue weighted by atomic mass is 79.9. The van der Waals surface area contributed by atoms with E-state index in [1.807, 2.05) is 0 Å². The Balaban J connectivity index is 2.18. The first kappa shape index (κ1) is 11.9. The van der Waals surface area contributed by atoms with Crippen LogP contribution in [-0.2, 0) is 0 Å². The summed E-state index contributed by atoms with van der Waals surface area (Å²) >= 11 is 3.61. The van der Waals surface area contributed by atoms with Crippen LogP contribution in [0, 0.1) is 12.8 Å². The van der Waals surface area contributed by atoms with Crippen molar-refractivity contribution < 1.29 is 0 Å². The number of hydrogen-bond acceptors (Lipinski definition) is 2. The molecule has 0 aromatic heterocycles. The molecule has 0 radical (unpaired) electrons. The van der Waals surface area contributed by atoms with Crippen molar-refractivity contribution in [2.24, 2.45) is 5.92 Å². The number of aryl methyl sites for hydroxylation is 1. The van der Waals surface area contributed by atoms with Gasteiger partial charge in [0.2, 0.25) is 0 Å². The number of rotatable bonds is 1. The number of anilines is 1. The molecule has 2 rings (SSSR count). The summed E-state index contributed by atoms with van der Waals surface area (Å²) in [6, 6.07) is 6.63. The van der Waals surface area contributed by atoms with Crippen molar-refractivity contribution in [2.75, 3.05) is 31.1 Å². The minimum absolute atomic E-state index is 0.711. The molecule has 1 aliphatic heterocycles. The molecule has 1 aliphatic rings. The quantitative estimate of drug-likeness (QED) is 0.852. The highest BCUT2D eigenvalue weighted by Gasteiger charge is 2.14. The van der Waals surface area contributed by atoms with Crippen LogP contribution in [0.1, 0.15) is 12.5 Å². The second kappa shape index (κ2) is 5.19. The molecule has 0 spiro atoms. The largest absolute Gasteiger partial charge is 0.370 e. The SMILES string of the molecule is Cc1ccc(N2CCNCC(C)C2)cc1Br. The standard InChI is InChI=1S/C13H19BrN2/c1-10-8-15-5-6-16(9-10)12-4-3-11(2)13(14)7-12/h3-4,7,10,15H,5-6,8-9H2,1-2H3. The molecule has 1 N–H and O–H groups in total. The van der Waals surface area contributed by atoms with Crippen molar-refractivity contribution in [3.63, 3.8) is 0 Å². The van der Waals surface area contributed by atoms with Gasteiger partial charge in [-0.1, -0.05) is 28.9 Å². The smallest absolute Gasteiger partial charge is 0.0378 e. The lowest BCUT2D eigenvalue weighted by Gasteiger charge is -2.25. The molecule has 1 unspecified atom stereocenters. The van der Waals surface area contributed by atoms with Crippen molar-refractivity contribution >= 4 is 21.6 Å². The highest BCUT2D eigenvalue weighted by molar-refractivity contribution is 9.10. The maximum Gasteiger partial charge on any atom is 0.0378 e. The van der Waals surface area contributed by atoms with E-state index in [9.17, 15) is 0 Å². The van der Waals surface area contributed by atoms with E-state index in [2.05, 4.69) is 58.2 Å². The van der Waals surface area contributed by atoms with E-state index in [-0.39, 0.29) is 0 Å². The third-order valence-electron chi connectivity index (χ3n) is 3.10. The number of nitrogens with one attached hydrogen (secondary N) is 1. The van der Waals surface area contributed by atoms with Gasteiger partial charge < -0.3 is 10.2 Å². The summed E-state index contributed by atoms with van der Waals surface area (Å²) < 4.78 is 1.20. The summed E-state index contributed by atoms with van der Waals surface area (Å²) in [7, 11) is 0. The lowest BCUT2D eigenvalue weighted by atomic mass is 10.1. The number of hydrogen-bond donors (Lipinski definition) is 1. The molecule has 0 amide bonds. The van der Waals surface area contributed by atoms with Crippen LogP contribution in [0.15, 0.2) is 22.7 Å². The molecule has 1 aromatic carbocycles. The zero-order valence-corrected chi connectivity index (χ0v) is 11.5. The average Bonchev–Trinajstić information content (AvgIpc) is 2.47. The van der Waals surface area contributed by atoms with Crippen molar-refractivity contribution in [2.45, 2.75) is 13.8 Å². The summed E-state index contributed by atoms with van der Waals surface area (Å²) in [6.45, 7) is 8.87. The van der Waals surface area contributed by atoms with Crippen LogP contribution < -0.4 is 10.2 Å². The van der Waals surface area contributed by atoms with Gasteiger partial charge >= 0.3 is 0 Å². The first-order chi connectivity index (χ1) is 7.66. The Morgan fingerprint density at radius 2 is 2.25 bits per heavy atom. The summed E-state index contributed by atoms with van der Waals surface area (Å²) in [5, 5.41) is 3.47. The minimum atomic E-state index is 0.711. The van der Waals surface area contributed by atoms with Gasteiger partial charge in [0.05, 0.1) is 0 Å². The fourth-order valence-electron chi connectivity index (χ4n) is 2.11. The van der Waals surface area contributed by atoms with Gasteiger partial charge in [-0.2, -0.15) is 0 Å². The molecule has 1 aromatic rings. The van der Waals surface area contributed by atoms with E-state index >= 15 is 0 Å². The van der Waals surface area contributed by atoms with Crippen LogP contribution in [0.5, 0.6) is 0 Å². The van der Waals surface area contributed by atoms with Gasteiger partial charge in [-0.15, -0.1) is 0 Å². The molecule has 88 valence electrons. The van der Waals surface area contributed by atoms with Crippen LogP contribution in [-0.4, -0.2) is 26.2 Å². The summed E-state index contributed by atoms with van der Waals surface area (Å²) in [5.74, 6) is 0.711. The number of benzene rings is 1. The summed E-state index contributed by atoms with van der Waals surface area (Å²) in [6.07, 6.45) is 0. The van der Waals surface area contributed by atoms with E-state index in [1.54, 1.807) is 0 Å². The zero-order valence-electron chi connectivity index (χ0n) is 9.96. The van der Waals surface area contributed by atoms with E-state index in [0.29, 0.717) is 5.92 Å². The Morgan fingerprint density at radius 1 is 1.44 bits per heavy atom. The molecule has 1 saturated heterocycles. The molecule has 1 fully saturated rings. The van der Waals surface area contributed by atoms with Crippen LogP contribution in [0.25, 0.3) is 0 Å². The first-order valence-corrected chi connectivity index (χ1v) is 6.68. The fraction of sp³-hybridized carbons (Fsp3) is 0.538. The first-order valence-electron chi connectivity index (χ1n) is 5.88. The summed E-state index contributed by atoms with van der Waals surface area (Å²) in [5.41, 5.74) is 2.62. The normalized spacial score (nSPS) is 21.9. The molecule has 2 nitrogen and oxygen atoms in total. The predicted octanol–water partition coefficient (Wildman–Crippen LogP) is 2.80. The van der Waals surface area contributed by atoms with Crippen molar-refractivity contribution in [1.82, 2.24) is 5.32 Å². The molecular weight excluding hydrogens is 264 g/mol. The van der Waals surface area contributed by atoms with Crippen LogP contribution in [0.4, 0.5) is 5.69 Å². The Kier molecular flexibility index (Phi) is 3.87. The van der Waals surface area contributed by atoms with E-state index in [0.717, 1.165) is 26.2 Å². The van der Waals surface area contributed by atoms with Crippen LogP contribution >= 0.6 is 15.9 Å². The Bertz CT molecular complexity index is 365. The molecule has 0 saturated carbocycles. The average molecular weight is 283 g/mol. The van der Waals surface area contributed by atoms with Gasteiger partial charge in [0.25, 0.3) is 0 Å². The van der Waals surface area contributed by atoms with E-state index in [4.69, 9.17) is 0 Å². The van der Waals surface area contributed by atoms with E-state index < -0.39 is 0 Å². The monoisotopic (exact) mass is 282 g/mol. The van der Waals surface area contributed by atoms with Gasteiger partial charge in [0, 0.05) is 29.8 Å². The second-order valence-corrected chi connectivity index (χ2v) is 5.54. The molecule has 1 atom stereocenters. The Labute approximate surface area is 106 Å². The topological polar surface area (TPSA) is 15.3 Å². The lowest BCUT2D eigenvalue weighted by Crippen LogP contribution is -2.29. The maximum atomic E-state index is 3.61. The maximum absolute atomic E-state index is 3.61. The van der Waals surface area contributed by atoms with Gasteiger partial charge in [-0.3, -0.25) is 0 Å². The molecule has 3 heteroatoms. The molecule has 0 bridgehead atoms. The van der Waals surface area contributed by atoms with Gasteiger partial charge in [-0.05, 0) is 37.1 Å². The number of nitrogens with zero attached hydrogens (tertiary/aromatic N) is 1. The third kappa shape index (κ3) is 2.77. The Hall–Kier alpha value is -0.540. The molecular formula is C13H19BrN2. The highest BCUT2D eigenvalue weighted by Crippen LogP contribution is 2.24. The van der Waals surface area contributed by atoms with Crippen LogP contribution in [0.3, 0.4) is 0 Å². The molecule has 16 heavy (non-hydrogen) atoms. The van der Waals surface area contributed by atoms with Crippen LogP contribution in [0.2, 0.25) is 0 Å². The zero-order chi connectivity index (χ0) is 11.5. The molecule has 1 heterocycles. The predicted molar refractivity (Wildman–Crippen MR) is 73.1 cm³/mol. The lowest BCUT2D eigenvalue weighted by molar-refractivity contribution is 0.564. The minimum Gasteiger partial charge on any atom is -0.370 e. The van der Waals surface area contributed by atoms with Crippen molar-refractivity contribution in [3.8, 4) is 0 Å².